The number of carbonyl (C=O) groups is 2. The Bertz CT molecular complexity index is 1300. The minimum atomic E-state index is -0.362. The predicted octanol–water partition coefficient (Wildman–Crippen LogP) is 4.94. The summed E-state index contributed by atoms with van der Waals surface area (Å²) in [5.74, 6) is -0.0440. The Balaban J connectivity index is 1.90. The second-order valence-corrected chi connectivity index (χ2v) is 11.6. The zero-order chi connectivity index (χ0) is 27.4. The first-order chi connectivity index (χ1) is 18.1. The molecule has 202 valence electrons. The van der Waals surface area contributed by atoms with Crippen LogP contribution in [0.5, 0.6) is 0 Å². The van der Waals surface area contributed by atoms with Crippen molar-refractivity contribution < 1.29 is 18.7 Å². The molecular weight excluding hydrogens is 503 g/mol. The van der Waals surface area contributed by atoms with Gasteiger partial charge >= 0.3 is 0 Å². The SMILES string of the molecule is COCCCNC(=O)CN1C(=O)CSC(c2cccc(C)c2)c2c(C(C)(C)C)nn(-c3ccc(F)cc3)c21. The summed E-state index contributed by atoms with van der Waals surface area (Å²) in [5, 5.41) is 7.74. The normalized spacial score (nSPS) is 15.8. The lowest BCUT2D eigenvalue weighted by Crippen LogP contribution is -2.42. The van der Waals surface area contributed by atoms with E-state index in [0.717, 1.165) is 22.4 Å². The van der Waals surface area contributed by atoms with E-state index in [9.17, 15) is 14.0 Å². The van der Waals surface area contributed by atoms with Gasteiger partial charge in [-0.25, -0.2) is 9.07 Å². The first-order valence-corrected chi connectivity index (χ1v) is 13.8. The molecule has 1 atom stereocenters. The summed E-state index contributed by atoms with van der Waals surface area (Å²) in [7, 11) is 1.62. The molecule has 9 heteroatoms. The van der Waals surface area contributed by atoms with Gasteiger partial charge in [-0.2, -0.15) is 5.10 Å². The van der Waals surface area contributed by atoms with E-state index in [1.54, 1.807) is 35.7 Å². The van der Waals surface area contributed by atoms with Crippen molar-refractivity contribution in [1.82, 2.24) is 15.1 Å². The Morgan fingerprint density at radius 3 is 2.61 bits per heavy atom. The van der Waals surface area contributed by atoms with Crippen molar-refractivity contribution in [3.05, 3.63) is 76.7 Å². The maximum atomic E-state index is 13.8. The summed E-state index contributed by atoms with van der Waals surface area (Å²) in [4.78, 5) is 28.2. The van der Waals surface area contributed by atoms with Crippen LogP contribution >= 0.6 is 11.8 Å². The lowest BCUT2D eigenvalue weighted by molar-refractivity contribution is -0.122. The molecule has 1 aromatic heterocycles. The third-order valence-electron chi connectivity index (χ3n) is 6.36. The summed E-state index contributed by atoms with van der Waals surface area (Å²) in [5.41, 5.74) is 4.17. The molecule has 0 radical (unpaired) electrons. The Morgan fingerprint density at radius 1 is 1.21 bits per heavy atom. The molecule has 1 aliphatic rings. The molecule has 2 aromatic carbocycles. The lowest BCUT2D eigenvalue weighted by Gasteiger charge is -2.24. The van der Waals surface area contributed by atoms with Crippen LogP contribution in [0.25, 0.3) is 5.69 Å². The number of aromatic nitrogens is 2. The van der Waals surface area contributed by atoms with Crippen molar-refractivity contribution in [3.63, 3.8) is 0 Å². The van der Waals surface area contributed by atoms with Crippen LogP contribution in [0.15, 0.2) is 48.5 Å². The van der Waals surface area contributed by atoms with Crippen LogP contribution in [0.2, 0.25) is 0 Å². The Labute approximate surface area is 227 Å². The number of hydrogen-bond donors (Lipinski definition) is 1. The number of benzene rings is 2. The molecule has 3 aromatic rings. The molecule has 2 amide bonds. The summed E-state index contributed by atoms with van der Waals surface area (Å²) in [6, 6.07) is 14.3. The molecule has 0 spiro atoms. The molecular formula is C29H35FN4O3S. The highest BCUT2D eigenvalue weighted by Gasteiger charge is 2.39. The van der Waals surface area contributed by atoms with Gasteiger partial charge in [-0.15, -0.1) is 11.8 Å². The maximum absolute atomic E-state index is 13.8. The fourth-order valence-corrected chi connectivity index (χ4v) is 5.76. The van der Waals surface area contributed by atoms with Crippen molar-refractivity contribution in [2.45, 2.75) is 44.8 Å². The molecule has 0 fully saturated rings. The van der Waals surface area contributed by atoms with Gasteiger partial charge < -0.3 is 10.1 Å². The van der Waals surface area contributed by atoms with E-state index >= 15 is 0 Å². The Hall–Kier alpha value is -3.17. The van der Waals surface area contributed by atoms with Crippen LogP contribution in [0.3, 0.4) is 0 Å². The number of hydrogen-bond acceptors (Lipinski definition) is 5. The van der Waals surface area contributed by atoms with E-state index in [4.69, 9.17) is 9.84 Å². The van der Waals surface area contributed by atoms with Gasteiger partial charge in [0.2, 0.25) is 11.8 Å². The summed E-state index contributed by atoms with van der Waals surface area (Å²) >= 11 is 1.54. The second kappa shape index (κ2) is 11.7. The van der Waals surface area contributed by atoms with Crippen molar-refractivity contribution >= 4 is 29.4 Å². The number of halogens is 1. The number of rotatable bonds is 8. The fraction of sp³-hybridized carbons (Fsp3) is 0.414. The number of thioether (sulfide) groups is 1. The van der Waals surface area contributed by atoms with Crippen LogP contribution in [0.4, 0.5) is 10.2 Å². The molecule has 4 rings (SSSR count). The van der Waals surface area contributed by atoms with E-state index in [-0.39, 0.29) is 40.6 Å². The first-order valence-electron chi connectivity index (χ1n) is 12.7. The molecule has 7 nitrogen and oxygen atoms in total. The van der Waals surface area contributed by atoms with Crippen molar-refractivity contribution in [2.75, 3.05) is 37.5 Å². The van der Waals surface area contributed by atoms with Gasteiger partial charge in [0.05, 0.1) is 22.4 Å². The second-order valence-electron chi connectivity index (χ2n) is 10.5. The third-order valence-corrected chi connectivity index (χ3v) is 7.62. The molecule has 0 bridgehead atoms. The molecule has 1 unspecified atom stereocenters. The van der Waals surface area contributed by atoms with Crippen LogP contribution in [-0.4, -0.2) is 54.2 Å². The number of nitrogens with one attached hydrogen (secondary N) is 1. The van der Waals surface area contributed by atoms with Gasteiger partial charge in [0.25, 0.3) is 0 Å². The van der Waals surface area contributed by atoms with E-state index in [1.807, 2.05) is 19.1 Å². The molecule has 0 aliphatic carbocycles. The standard InChI is InChI=1S/C29H35FN4O3S/c1-19-8-6-9-20(16-19)26-25-27(29(2,3)4)32-34(22-12-10-21(30)11-13-22)28(25)33(24(36)18-38-26)17-23(35)31-14-7-15-37-5/h6,8-13,16,26H,7,14-15,17-18H2,1-5H3,(H,31,35). The monoisotopic (exact) mass is 538 g/mol. The van der Waals surface area contributed by atoms with Crippen LogP contribution in [-0.2, 0) is 19.7 Å². The van der Waals surface area contributed by atoms with Crippen LogP contribution < -0.4 is 10.2 Å². The number of nitrogens with zero attached hydrogens (tertiary/aromatic N) is 3. The van der Waals surface area contributed by atoms with Gasteiger partial charge in [0.15, 0.2) is 0 Å². The van der Waals surface area contributed by atoms with E-state index < -0.39 is 0 Å². The van der Waals surface area contributed by atoms with Gasteiger partial charge in [-0.3, -0.25) is 14.5 Å². The lowest BCUT2D eigenvalue weighted by atomic mass is 9.87. The van der Waals surface area contributed by atoms with Crippen molar-refractivity contribution in [1.29, 1.82) is 0 Å². The highest BCUT2D eigenvalue weighted by molar-refractivity contribution is 8.00. The van der Waals surface area contributed by atoms with E-state index in [2.05, 4.69) is 38.2 Å². The largest absolute Gasteiger partial charge is 0.385 e. The molecule has 1 N–H and O–H groups in total. The number of fused-ring (bicyclic) bond motifs is 1. The average Bonchev–Trinajstić information content (AvgIpc) is 3.20. The molecule has 38 heavy (non-hydrogen) atoms. The van der Waals surface area contributed by atoms with E-state index in [0.29, 0.717) is 31.1 Å². The molecule has 2 heterocycles. The van der Waals surface area contributed by atoms with Crippen molar-refractivity contribution in [3.8, 4) is 5.69 Å². The zero-order valence-corrected chi connectivity index (χ0v) is 23.4. The summed E-state index contributed by atoms with van der Waals surface area (Å²) in [6.07, 6.45) is 0.675. The smallest absolute Gasteiger partial charge is 0.240 e. The van der Waals surface area contributed by atoms with E-state index in [1.165, 1.54) is 17.0 Å². The van der Waals surface area contributed by atoms with Crippen LogP contribution in [0.1, 0.15) is 54.8 Å². The predicted molar refractivity (Wildman–Crippen MR) is 150 cm³/mol. The third kappa shape index (κ3) is 6.10. The minimum absolute atomic E-state index is 0.142. The van der Waals surface area contributed by atoms with Gasteiger partial charge in [0, 0.05) is 31.2 Å². The fourth-order valence-electron chi connectivity index (χ4n) is 4.58. The zero-order valence-electron chi connectivity index (χ0n) is 22.6. The molecule has 0 saturated carbocycles. The molecule has 0 saturated heterocycles. The number of carbonyl (C=O) groups excluding carboxylic acids is 2. The summed E-state index contributed by atoms with van der Waals surface area (Å²) in [6.45, 7) is 9.15. The highest BCUT2D eigenvalue weighted by atomic mass is 32.2. The van der Waals surface area contributed by atoms with Gasteiger partial charge in [-0.1, -0.05) is 50.6 Å². The Morgan fingerprint density at radius 2 is 1.95 bits per heavy atom. The average molecular weight is 539 g/mol. The van der Waals surface area contributed by atoms with Gasteiger partial charge in [-0.05, 0) is 43.2 Å². The topological polar surface area (TPSA) is 76.5 Å². The first kappa shape index (κ1) is 27.9. The molecule has 1 aliphatic heterocycles. The number of methoxy groups -OCH3 is 1. The number of ether oxygens (including phenoxy) is 1. The maximum Gasteiger partial charge on any atom is 0.240 e. The quantitative estimate of drug-likeness (QED) is 0.411. The number of anilines is 1. The summed E-state index contributed by atoms with van der Waals surface area (Å²) < 4.78 is 20.6. The number of amides is 2. The highest BCUT2D eigenvalue weighted by Crippen LogP contribution is 2.48. The van der Waals surface area contributed by atoms with Gasteiger partial charge in [0.1, 0.15) is 18.2 Å². The number of aryl methyl sites for hydroxylation is 1. The minimum Gasteiger partial charge on any atom is -0.385 e. The van der Waals surface area contributed by atoms with Crippen molar-refractivity contribution in [2.24, 2.45) is 0 Å². The Kier molecular flexibility index (Phi) is 8.57. The van der Waals surface area contributed by atoms with Crippen LogP contribution in [0, 0.1) is 12.7 Å².